The molecule has 7 heteroatoms. The SMILES string of the molecule is CN=C(NCc1ccc(-n2ccnc2C)c(F)c1)NCc1ccccc1Cl. The van der Waals surface area contributed by atoms with Gasteiger partial charge in [-0.1, -0.05) is 35.9 Å². The van der Waals surface area contributed by atoms with E-state index in [4.69, 9.17) is 11.6 Å². The van der Waals surface area contributed by atoms with E-state index in [0.29, 0.717) is 29.8 Å². The topological polar surface area (TPSA) is 54.2 Å². The predicted molar refractivity (Wildman–Crippen MR) is 107 cm³/mol. The van der Waals surface area contributed by atoms with Gasteiger partial charge < -0.3 is 15.2 Å². The van der Waals surface area contributed by atoms with Crippen LogP contribution in [0.5, 0.6) is 0 Å². The number of nitrogens with one attached hydrogen (secondary N) is 2. The maximum absolute atomic E-state index is 14.5. The second-order valence-corrected chi connectivity index (χ2v) is 6.41. The second-order valence-electron chi connectivity index (χ2n) is 6.00. The van der Waals surface area contributed by atoms with Crippen molar-refractivity contribution in [3.8, 4) is 5.69 Å². The summed E-state index contributed by atoms with van der Waals surface area (Å²) in [6.07, 6.45) is 3.39. The average molecular weight is 386 g/mol. The first-order chi connectivity index (χ1) is 13.1. The minimum atomic E-state index is -0.297. The zero-order valence-corrected chi connectivity index (χ0v) is 16.0. The van der Waals surface area contributed by atoms with E-state index in [1.54, 1.807) is 30.1 Å². The monoisotopic (exact) mass is 385 g/mol. The van der Waals surface area contributed by atoms with Gasteiger partial charge in [0.15, 0.2) is 5.96 Å². The minimum Gasteiger partial charge on any atom is -0.352 e. The minimum absolute atomic E-state index is 0.297. The fourth-order valence-electron chi connectivity index (χ4n) is 2.72. The number of nitrogens with zero attached hydrogens (tertiary/aromatic N) is 3. The Morgan fingerprint density at radius 1 is 1.19 bits per heavy atom. The molecule has 3 aromatic rings. The molecule has 0 fully saturated rings. The van der Waals surface area contributed by atoms with Crippen molar-refractivity contribution in [2.45, 2.75) is 20.0 Å². The Morgan fingerprint density at radius 2 is 1.96 bits per heavy atom. The van der Waals surface area contributed by atoms with E-state index in [1.807, 2.05) is 37.3 Å². The van der Waals surface area contributed by atoms with Crippen LogP contribution in [0.4, 0.5) is 4.39 Å². The molecular weight excluding hydrogens is 365 g/mol. The molecule has 1 aromatic heterocycles. The molecule has 27 heavy (non-hydrogen) atoms. The first-order valence-electron chi connectivity index (χ1n) is 8.55. The number of aliphatic imine (C=N–C) groups is 1. The van der Waals surface area contributed by atoms with Crippen LogP contribution < -0.4 is 10.6 Å². The number of hydrogen-bond acceptors (Lipinski definition) is 2. The second kappa shape index (κ2) is 8.68. The van der Waals surface area contributed by atoms with Gasteiger partial charge in [0.2, 0.25) is 0 Å². The highest BCUT2D eigenvalue weighted by atomic mass is 35.5. The Morgan fingerprint density at radius 3 is 2.63 bits per heavy atom. The molecule has 0 spiro atoms. The fraction of sp³-hybridized carbons (Fsp3) is 0.200. The van der Waals surface area contributed by atoms with Crippen LogP contribution in [-0.4, -0.2) is 22.6 Å². The molecule has 2 N–H and O–H groups in total. The van der Waals surface area contributed by atoms with Crippen LogP contribution in [0.15, 0.2) is 59.9 Å². The van der Waals surface area contributed by atoms with E-state index in [2.05, 4.69) is 20.6 Å². The smallest absolute Gasteiger partial charge is 0.191 e. The summed E-state index contributed by atoms with van der Waals surface area (Å²) in [6.45, 7) is 2.83. The molecule has 3 rings (SSSR count). The first-order valence-corrected chi connectivity index (χ1v) is 8.93. The van der Waals surface area contributed by atoms with Crippen molar-refractivity contribution in [3.05, 3.63) is 82.6 Å². The third kappa shape index (κ3) is 4.65. The van der Waals surface area contributed by atoms with Crippen LogP contribution in [0.2, 0.25) is 5.02 Å². The third-order valence-electron chi connectivity index (χ3n) is 4.19. The van der Waals surface area contributed by atoms with Crippen molar-refractivity contribution in [1.29, 1.82) is 0 Å². The van der Waals surface area contributed by atoms with Crippen molar-refractivity contribution >= 4 is 17.6 Å². The van der Waals surface area contributed by atoms with Gasteiger partial charge in [0.25, 0.3) is 0 Å². The van der Waals surface area contributed by atoms with Gasteiger partial charge in [-0.3, -0.25) is 4.99 Å². The molecule has 0 amide bonds. The highest BCUT2D eigenvalue weighted by molar-refractivity contribution is 6.31. The van der Waals surface area contributed by atoms with Crippen LogP contribution in [0, 0.1) is 12.7 Å². The van der Waals surface area contributed by atoms with Crippen molar-refractivity contribution < 1.29 is 4.39 Å². The lowest BCUT2D eigenvalue weighted by Crippen LogP contribution is -2.36. The van der Waals surface area contributed by atoms with Crippen molar-refractivity contribution in [3.63, 3.8) is 0 Å². The number of hydrogen-bond donors (Lipinski definition) is 2. The Kier molecular flexibility index (Phi) is 6.08. The molecule has 0 aliphatic carbocycles. The Bertz CT molecular complexity index is 951. The molecule has 2 aromatic carbocycles. The third-order valence-corrected chi connectivity index (χ3v) is 4.55. The molecule has 0 unspecified atom stereocenters. The lowest BCUT2D eigenvalue weighted by atomic mass is 10.2. The molecule has 0 aliphatic heterocycles. The van der Waals surface area contributed by atoms with Gasteiger partial charge >= 0.3 is 0 Å². The molecule has 0 saturated carbocycles. The largest absolute Gasteiger partial charge is 0.352 e. The zero-order chi connectivity index (χ0) is 19.2. The number of guanidine groups is 1. The molecular formula is C20H21ClFN5. The summed E-state index contributed by atoms with van der Waals surface area (Å²) >= 11 is 6.16. The number of aromatic nitrogens is 2. The molecule has 0 atom stereocenters. The highest BCUT2D eigenvalue weighted by Gasteiger charge is 2.08. The molecule has 0 aliphatic rings. The maximum Gasteiger partial charge on any atom is 0.191 e. The van der Waals surface area contributed by atoms with Crippen LogP contribution in [0.25, 0.3) is 5.69 Å². The Balaban J connectivity index is 1.61. The molecule has 1 heterocycles. The Hall–Kier alpha value is -2.86. The summed E-state index contributed by atoms with van der Waals surface area (Å²) in [5.41, 5.74) is 2.28. The van der Waals surface area contributed by atoms with Gasteiger partial charge in [-0.25, -0.2) is 9.37 Å². The lowest BCUT2D eigenvalue weighted by Gasteiger charge is -2.13. The van der Waals surface area contributed by atoms with E-state index in [0.717, 1.165) is 17.0 Å². The summed E-state index contributed by atoms with van der Waals surface area (Å²) in [4.78, 5) is 8.31. The van der Waals surface area contributed by atoms with Crippen LogP contribution in [0.3, 0.4) is 0 Å². The van der Waals surface area contributed by atoms with Crippen LogP contribution in [-0.2, 0) is 13.1 Å². The van der Waals surface area contributed by atoms with Crippen LogP contribution >= 0.6 is 11.6 Å². The summed E-state index contributed by atoms with van der Waals surface area (Å²) in [6, 6.07) is 12.8. The van der Waals surface area contributed by atoms with Gasteiger partial charge in [-0.05, 0) is 36.2 Å². The number of aryl methyl sites for hydroxylation is 1. The highest BCUT2D eigenvalue weighted by Crippen LogP contribution is 2.17. The standard InChI is InChI=1S/C20H21ClFN5/c1-14-24-9-10-27(14)19-8-7-15(11-18(19)22)12-25-20(23-2)26-13-16-5-3-4-6-17(16)21/h3-11H,12-13H2,1-2H3,(H2,23,25,26). The van der Waals surface area contributed by atoms with Crippen LogP contribution in [0.1, 0.15) is 17.0 Å². The van der Waals surface area contributed by atoms with Gasteiger partial charge in [-0.2, -0.15) is 0 Å². The Labute approximate surface area is 162 Å². The van der Waals surface area contributed by atoms with Gasteiger partial charge in [0, 0.05) is 37.6 Å². The average Bonchev–Trinajstić information content (AvgIpc) is 3.09. The van der Waals surface area contributed by atoms with Gasteiger partial charge in [0.05, 0.1) is 5.69 Å². The van der Waals surface area contributed by atoms with E-state index in [9.17, 15) is 4.39 Å². The number of halogens is 2. The van der Waals surface area contributed by atoms with Gasteiger partial charge in [-0.15, -0.1) is 0 Å². The summed E-state index contributed by atoms with van der Waals surface area (Å²) in [7, 11) is 1.69. The van der Waals surface area contributed by atoms with Crippen molar-refractivity contribution in [2.75, 3.05) is 7.05 Å². The van der Waals surface area contributed by atoms with Crippen molar-refractivity contribution in [1.82, 2.24) is 20.2 Å². The quantitative estimate of drug-likeness (QED) is 0.518. The van der Waals surface area contributed by atoms with E-state index in [-0.39, 0.29) is 5.82 Å². The summed E-state index contributed by atoms with van der Waals surface area (Å²) in [5, 5.41) is 7.08. The number of rotatable bonds is 5. The summed E-state index contributed by atoms with van der Waals surface area (Å²) in [5.74, 6) is 1.06. The normalized spacial score (nSPS) is 11.5. The van der Waals surface area contributed by atoms with Gasteiger partial charge in [0.1, 0.15) is 11.6 Å². The molecule has 140 valence electrons. The zero-order valence-electron chi connectivity index (χ0n) is 15.2. The maximum atomic E-state index is 14.5. The summed E-state index contributed by atoms with van der Waals surface area (Å²) < 4.78 is 16.2. The molecule has 0 bridgehead atoms. The number of benzene rings is 2. The first kappa shape index (κ1) is 18.9. The number of imidazole rings is 1. The fourth-order valence-corrected chi connectivity index (χ4v) is 2.92. The van der Waals surface area contributed by atoms with Crippen molar-refractivity contribution in [2.24, 2.45) is 4.99 Å². The molecule has 5 nitrogen and oxygen atoms in total. The van der Waals surface area contributed by atoms with E-state index >= 15 is 0 Å². The van der Waals surface area contributed by atoms with E-state index in [1.165, 1.54) is 6.07 Å². The lowest BCUT2D eigenvalue weighted by molar-refractivity contribution is 0.613. The predicted octanol–water partition coefficient (Wildman–Crippen LogP) is 3.84. The molecule has 0 saturated heterocycles. The van der Waals surface area contributed by atoms with E-state index < -0.39 is 0 Å². The molecule has 0 radical (unpaired) electrons.